The maximum Gasteiger partial charge on any atom is 0.308 e. The van der Waals surface area contributed by atoms with Crippen molar-refractivity contribution in [3.05, 3.63) is 0 Å². The number of hydrogen-bond acceptors (Lipinski definition) is 8. The monoisotopic (exact) mass is 475 g/mol. The molecule has 0 saturated carbocycles. The highest BCUT2D eigenvalue weighted by Crippen LogP contribution is 2.34. The van der Waals surface area contributed by atoms with Crippen molar-refractivity contribution in [2.45, 2.75) is 71.8 Å². The normalized spacial score (nSPS) is 21.2. The van der Waals surface area contributed by atoms with Gasteiger partial charge >= 0.3 is 5.97 Å². The summed E-state index contributed by atoms with van der Waals surface area (Å²) in [6, 6.07) is -0.729. The average molecular weight is 476 g/mol. The highest BCUT2D eigenvalue weighted by atomic mass is 32.2. The molecule has 0 aromatic heterocycles. The van der Waals surface area contributed by atoms with E-state index in [0.717, 1.165) is 11.8 Å². The number of hydrogen-bond donors (Lipinski definition) is 4. The Kier molecular flexibility index (Phi) is 11.1. The van der Waals surface area contributed by atoms with Gasteiger partial charge in [-0.25, -0.2) is 0 Å². The van der Waals surface area contributed by atoms with Crippen molar-refractivity contribution in [1.82, 2.24) is 10.6 Å². The van der Waals surface area contributed by atoms with E-state index in [1.165, 1.54) is 6.92 Å². The predicted molar refractivity (Wildman–Crippen MR) is 121 cm³/mol. The fourth-order valence-electron chi connectivity index (χ4n) is 3.11. The number of aliphatic carboxylic acids is 1. The molecule has 1 heterocycles. The summed E-state index contributed by atoms with van der Waals surface area (Å²) in [6.07, 6.45) is 0.263. The standard InChI is InChI=1S/C21H37N3O7S/c1-13(25)23-9-6-7-16(26)32-11-14(19(28)29)15(22)8-10-24-18(27)17-20(2,3)12-30-21(4,5)31-17/h14-15,17H,6-12,22H2,1-5H3,(H,23,25)(H,24,27)(H,28,29)/t14-,15?,17+/m1/s1. The summed E-state index contributed by atoms with van der Waals surface area (Å²) in [7, 11) is 0. The Labute approximate surface area is 193 Å². The van der Waals surface area contributed by atoms with Crippen LogP contribution >= 0.6 is 11.8 Å². The molecule has 0 spiro atoms. The van der Waals surface area contributed by atoms with Gasteiger partial charge in [-0.1, -0.05) is 25.6 Å². The van der Waals surface area contributed by atoms with Crippen LogP contribution in [0.2, 0.25) is 0 Å². The van der Waals surface area contributed by atoms with Crippen LogP contribution in [0.3, 0.4) is 0 Å². The quantitative estimate of drug-likeness (QED) is 0.301. The number of carbonyl (C=O) groups excluding carboxylic acids is 3. The molecule has 2 amide bonds. The minimum Gasteiger partial charge on any atom is -0.481 e. The summed E-state index contributed by atoms with van der Waals surface area (Å²) < 4.78 is 11.4. The Morgan fingerprint density at radius 2 is 1.81 bits per heavy atom. The third kappa shape index (κ3) is 9.85. The molecule has 1 rings (SSSR count). The van der Waals surface area contributed by atoms with Gasteiger partial charge in [0.05, 0.1) is 12.5 Å². The molecule has 3 atom stereocenters. The van der Waals surface area contributed by atoms with Gasteiger partial charge in [-0.3, -0.25) is 19.2 Å². The third-order valence-corrected chi connectivity index (χ3v) is 6.16. The van der Waals surface area contributed by atoms with Crippen LogP contribution in [0.4, 0.5) is 0 Å². The zero-order valence-electron chi connectivity index (χ0n) is 19.6. The van der Waals surface area contributed by atoms with Crippen molar-refractivity contribution < 1.29 is 33.8 Å². The number of ether oxygens (including phenoxy) is 2. The van der Waals surface area contributed by atoms with Gasteiger partial charge in [-0.05, 0) is 26.7 Å². The van der Waals surface area contributed by atoms with Crippen LogP contribution in [0.15, 0.2) is 0 Å². The summed E-state index contributed by atoms with van der Waals surface area (Å²) in [6.45, 7) is 9.60. The van der Waals surface area contributed by atoms with Gasteiger partial charge in [0.25, 0.3) is 0 Å². The van der Waals surface area contributed by atoms with E-state index in [1.807, 2.05) is 13.8 Å². The van der Waals surface area contributed by atoms with Crippen LogP contribution in [-0.2, 0) is 28.7 Å². The SMILES string of the molecule is CC(=O)NCCCC(=O)SC[C@@H](C(=O)O)C(N)CCNC(=O)[C@@H]1OC(C)(C)OCC1(C)C. The maximum atomic E-state index is 12.6. The van der Waals surface area contributed by atoms with E-state index in [2.05, 4.69) is 10.6 Å². The van der Waals surface area contributed by atoms with Crippen molar-refractivity contribution in [2.24, 2.45) is 17.1 Å². The van der Waals surface area contributed by atoms with Crippen molar-refractivity contribution in [2.75, 3.05) is 25.4 Å². The lowest BCUT2D eigenvalue weighted by Crippen LogP contribution is -2.56. The van der Waals surface area contributed by atoms with Crippen LogP contribution in [0, 0.1) is 11.3 Å². The molecular formula is C21H37N3O7S. The second kappa shape index (κ2) is 12.5. The first-order valence-electron chi connectivity index (χ1n) is 10.7. The zero-order valence-corrected chi connectivity index (χ0v) is 20.4. The van der Waals surface area contributed by atoms with Crippen LogP contribution in [0.1, 0.15) is 53.9 Å². The van der Waals surface area contributed by atoms with Gasteiger partial charge in [0, 0.05) is 43.6 Å². The number of nitrogens with two attached hydrogens (primary N) is 1. The van der Waals surface area contributed by atoms with E-state index >= 15 is 0 Å². The third-order valence-electron chi connectivity index (χ3n) is 5.11. The number of carboxylic acid groups (broad SMARTS) is 1. The van der Waals surface area contributed by atoms with Gasteiger partial charge in [-0.2, -0.15) is 0 Å². The molecule has 184 valence electrons. The lowest BCUT2D eigenvalue weighted by Gasteiger charge is -2.44. The van der Waals surface area contributed by atoms with E-state index in [1.54, 1.807) is 13.8 Å². The van der Waals surface area contributed by atoms with Gasteiger partial charge in [0.15, 0.2) is 10.9 Å². The molecule has 0 aliphatic carbocycles. The van der Waals surface area contributed by atoms with Crippen LogP contribution in [-0.4, -0.2) is 71.4 Å². The Balaban J connectivity index is 2.46. The molecule has 1 saturated heterocycles. The number of thioether (sulfide) groups is 1. The lowest BCUT2D eigenvalue weighted by atomic mass is 9.85. The smallest absolute Gasteiger partial charge is 0.308 e. The molecular weight excluding hydrogens is 438 g/mol. The second-order valence-electron chi connectivity index (χ2n) is 9.13. The molecule has 0 bridgehead atoms. The first-order valence-corrected chi connectivity index (χ1v) is 11.7. The highest BCUT2D eigenvalue weighted by molar-refractivity contribution is 8.13. The van der Waals surface area contributed by atoms with Crippen LogP contribution < -0.4 is 16.4 Å². The van der Waals surface area contributed by atoms with Gasteiger partial charge in [-0.15, -0.1) is 0 Å². The fraction of sp³-hybridized carbons (Fsp3) is 0.810. The molecule has 0 aromatic rings. The van der Waals surface area contributed by atoms with Crippen molar-refractivity contribution in [1.29, 1.82) is 0 Å². The molecule has 32 heavy (non-hydrogen) atoms. The largest absolute Gasteiger partial charge is 0.481 e. The van der Waals surface area contributed by atoms with E-state index < -0.39 is 35.2 Å². The minimum atomic E-state index is -1.09. The Morgan fingerprint density at radius 3 is 2.41 bits per heavy atom. The number of carbonyl (C=O) groups is 4. The molecule has 10 nitrogen and oxygen atoms in total. The average Bonchev–Trinajstić information content (AvgIpc) is 2.67. The molecule has 0 aromatic carbocycles. The van der Waals surface area contributed by atoms with Crippen LogP contribution in [0.25, 0.3) is 0 Å². The fourth-order valence-corrected chi connectivity index (χ4v) is 4.15. The summed E-state index contributed by atoms with van der Waals surface area (Å²) in [5.74, 6) is -3.29. The molecule has 0 radical (unpaired) electrons. The number of amides is 2. The molecule has 11 heteroatoms. The summed E-state index contributed by atoms with van der Waals surface area (Å²) in [5.41, 5.74) is 5.55. The topological polar surface area (TPSA) is 157 Å². The van der Waals surface area contributed by atoms with Gasteiger partial charge < -0.3 is 30.9 Å². The highest BCUT2D eigenvalue weighted by Gasteiger charge is 2.45. The molecule has 1 aliphatic rings. The minimum absolute atomic E-state index is 0.0493. The van der Waals surface area contributed by atoms with Crippen molar-refractivity contribution in [3.63, 3.8) is 0 Å². The van der Waals surface area contributed by atoms with Crippen molar-refractivity contribution >= 4 is 34.7 Å². The maximum absolute atomic E-state index is 12.6. The Morgan fingerprint density at radius 1 is 1.16 bits per heavy atom. The Bertz CT molecular complexity index is 684. The lowest BCUT2D eigenvalue weighted by molar-refractivity contribution is -0.304. The van der Waals surface area contributed by atoms with Gasteiger partial charge in [0.1, 0.15) is 6.10 Å². The van der Waals surface area contributed by atoms with Crippen LogP contribution in [0.5, 0.6) is 0 Å². The summed E-state index contributed by atoms with van der Waals surface area (Å²) >= 11 is 0.928. The summed E-state index contributed by atoms with van der Waals surface area (Å²) in [4.78, 5) is 47.0. The Hall–Kier alpha value is -1.69. The summed E-state index contributed by atoms with van der Waals surface area (Å²) in [5, 5.41) is 14.7. The van der Waals surface area contributed by atoms with E-state index in [9.17, 15) is 24.3 Å². The number of carboxylic acids is 1. The van der Waals surface area contributed by atoms with E-state index in [4.69, 9.17) is 15.2 Å². The zero-order chi connectivity index (χ0) is 24.5. The first-order chi connectivity index (χ1) is 14.7. The number of rotatable bonds is 12. The van der Waals surface area contributed by atoms with Gasteiger partial charge in [0.2, 0.25) is 11.8 Å². The number of nitrogens with one attached hydrogen (secondary N) is 2. The van der Waals surface area contributed by atoms with Crippen molar-refractivity contribution in [3.8, 4) is 0 Å². The molecule has 1 aliphatic heterocycles. The molecule has 1 unspecified atom stereocenters. The van der Waals surface area contributed by atoms with E-state index in [0.29, 0.717) is 19.6 Å². The second-order valence-corrected chi connectivity index (χ2v) is 10.2. The van der Waals surface area contributed by atoms with E-state index in [-0.39, 0.29) is 42.1 Å². The molecule has 1 fully saturated rings. The molecule has 5 N–H and O–H groups in total. The predicted octanol–water partition coefficient (Wildman–Crippen LogP) is 0.875. The first kappa shape index (κ1) is 28.3.